The third-order valence-electron chi connectivity index (χ3n) is 3.41. The van der Waals surface area contributed by atoms with Crippen LogP contribution < -0.4 is 20.1 Å². The first-order valence-corrected chi connectivity index (χ1v) is 8.93. The third kappa shape index (κ3) is 7.50. The summed E-state index contributed by atoms with van der Waals surface area (Å²) in [5.41, 5.74) is 0. The molecular weight excluding hydrogens is 310 g/mol. The van der Waals surface area contributed by atoms with Crippen LogP contribution in [0.3, 0.4) is 0 Å². The molecule has 1 rings (SSSR count). The van der Waals surface area contributed by atoms with Crippen LogP contribution in [0.5, 0.6) is 11.5 Å². The second-order valence-electron chi connectivity index (χ2n) is 5.87. The quantitative estimate of drug-likeness (QED) is 0.563. The molecule has 0 saturated heterocycles. The Balaban J connectivity index is 2.39. The van der Waals surface area contributed by atoms with Crippen molar-refractivity contribution < 1.29 is 9.47 Å². The first kappa shape index (κ1) is 19.5. The van der Waals surface area contributed by atoms with Gasteiger partial charge in [0.25, 0.3) is 0 Å². The van der Waals surface area contributed by atoms with Gasteiger partial charge in [0, 0.05) is 18.3 Å². The lowest BCUT2D eigenvalue weighted by molar-refractivity contribution is 0.223. The minimum Gasteiger partial charge on any atom is -0.497 e. The van der Waals surface area contributed by atoms with E-state index in [1.807, 2.05) is 43.0 Å². The topological polar surface area (TPSA) is 54.9 Å². The fraction of sp³-hybridized carbons (Fsp3) is 0.588. The van der Waals surface area contributed by atoms with Crippen LogP contribution in [-0.4, -0.2) is 50.3 Å². The number of nitrogens with zero attached hydrogens (tertiary/aromatic N) is 1. The van der Waals surface area contributed by atoms with Gasteiger partial charge in [-0.25, -0.2) is 0 Å². The highest BCUT2D eigenvalue weighted by Gasteiger charge is 2.16. The molecule has 0 fully saturated rings. The van der Waals surface area contributed by atoms with E-state index in [9.17, 15) is 0 Å². The maximum absolute atomic E-state index is 5.87. The predicted octanol–water partition coefficient (Wildman–Crippen LogP) is 2.77. The summed E-state index contributed by atoms with van der Waals surface area (Å²) in [4.78, 5) is 4.24. The lowest BCUT2D eigenvalue weighted by Gasteiger charge is -2.24. The summed E-state index contributed by atoms with van der Waals surface area (Å²) in [6.07, 6.45) is 2.14. The van der Waals surface area contributed by atoms with E-state index < -0.39 is 0 Å². The highest BCUT2D eigenvalue weighted by atomic mass is 32.2. The summed E-state index contributed by atoms with van der Waals surface area (Å²) in [5, 5.41) is 6.63. The Morgan fingerprint density at radius 3 is 2.35 bits per heavy atom. The molecule has 0 heterocycles. The summed E-state index contributed by atoms with van der Waals surface area (Å²) in [6, 6.07) is 7.59. The summed E-state index contributed by atoms with van der Waals surface area (Å²) in [6.45, 7) is 7.95. The molecule has 1 aromatic carbocycles. The van der Waals surface area contributed by atoms with E-state index >= 15 is 0 Å². The van der Waals surface area contributed by atoms with Crippen molar-refractivity contribution in [3.8, 4) is 11.5 Å². The van der Waals surface area contributed by atoms with Gasteiger partial charge in [0.1, 0.15) is 17.6 Å². The van der Waals surface area contributed by atoms with Crippen molar-refractivity contribution in [3.63, 3.8) is 0 Å². The highest BCUT2D eigenvalue weighted by molar-refractivity contribution is 7.99. The fourth-order valence-electron chi connectivity index (χ4n) is 1.76. The number of rotatable bonds is 8. The number of hydrogen-bond acceptors (Lipinski definition) is 4. The molecule has 0 aliphatic rings. The molecular formula is C17H29N3O2S. The van der Waals surface area contributed by atoms with E-state index in [1.54, 1.807) is 14.2 Å². The molecule has 6 heteroatoms. The summed E-state index contributed by atoms with van der Waals surface area (Å²) < 4.78 is 11.2. The maximum Gasteiger partial charge on any atom is 0.191 e. The summed E-state index contributed by atoms with van der Waals surface area (Å²) >= 11 is 1.83. The molecule has 0 aliphatic heterocycles. The van der Waals surface area contributed by atoms with Crippen molar-refractivity contribution in [1.82, 2.24) is 10.6 Å². The lowest BCUT2D eigenvalue weighted by atomic mass is 10.2. The Kier molecular flexibility index (Phi) is 8.09. The summed E-state index contributed by atoms with van der Waals surface area (Å²) in [5.74, 6) is 2.44. The predicted molar refractivity (Wildman–Crippen MR) is 100 cm³/mol. The first-order valence-electron chi connectivity index (χ1n) is 7.70. The molecule has 1 aromatic rings. The lowest BCUT2D eigenvalue weighted by Crippen LogP contribution is -2.45. The molecule has 2 N–H and O–H groups in total. The molecule has 130 valence electrons. The molecule has 0 aliphatic carbocycles. The Hall–Kier alpha value is -1.56. The van der Waals surface area contributed by atoms with Gasteiger partial charge >= 0.3 is 0 Å². The monoisotopic (exact) mass is 339 g/mol. The van der Waals surface area contributed by atoms with Crippen molar-refractivity contribution in [3.05, 3.63) is 24.3 Å². The second-order valence-corrected chi connectivity index (χ2v) is 7.39. The number of guanidine groups is 1. The van der Waals surface area contributed by atoms with Crippen molar-refractivity contribution in [2.45, 2.75) is 31.6 Å². The van der Waals surface area contributed by atoms with Gasteiger partial charge in [0.2, 0.25) is 0 Å². The van der Waals surface area contributed by atoms with E-state index in [1.165, 1.54) is 0 Å². The first-order chi connectivity index (χ1) is 10.9. The smallest absolute Gasteiger partial charge is 0.191 e. The molecule has 0 saturated carbocycles. The van der Waals surface area contributed by atoms with E-state index in [0.29, 0.717) is 6.54 Å². The van der Waals surface area contributed by atoms with Crippen LogP contribution in [0.2, 0.25) is 0 Å². The third-order valence-corrected chi connectivity index (χ3v) is 4.66. The van der Waals surface area contributed by atoms with E-state index in [-0.39, 0.29) is 10.9 Å². The molecule has 5 nitrogen and oxygen atoms in total. The highest BCUT2D eigenvalue weighted by Crippen LogP contribution is 2.19. The van der Waals surface area contributed by atoms with Gasteiger partial charge in [-0.2, -0.15) is 11.8 Å². The molecule has 1 unspecified atom stereocenters. The van der Waals surface area contributed by atoms with Crippen molar-refractivity contribution in [2.75, 3.05) is 33.5 Å². The SMILES string of the molecule is CN=C(NCC(C)Oc1ccc(OC)cc1)NCC(C)(C)SC. The van der Waals surface area contributed by atoms with Crippen LogP contribution in [0.4, 0.5) is 0 Å². The number of benzene rings is 1. The van der Waals surface area contributed by atoms with Gasteiger partial charge in [-0.3, -0.25) is 4.99 Å². The number of nitrogens with one attached hydrogen (secondary N) is 2. The zero-order valence-electron chi connectivity index (χ0n) is 15.0. The number of aliphatic imine (C=N–C) groups is 1. The van der Waals surface area contributed by atoms with Gasteiger partial charge in [-0.15, -0.1) is 0 Å². The Labute approximate surface area is 144 Å². The number of ether oxygens (including phenoxy) is 2. The van der Waals surface area contributed by atoms with E-state index in [4.69, 9.17) is 9.47 Å². The number of hydrogen-bond donors (Lipinski definition) is 2. The van der Waals surface area contributed by atoms with Crippen LogP contribution in [0, 0.1) is 0 Å². The molecule has 0 aromatic heterocycles. The van der Waals surface area contributed by atoms with Crippen LogP contribution in [0.1, 0.15) is 20.8 Å². The molecule has 0 amide bonds. The fourth-order valence-corrected chi connectivity index (χ4v) is 1.97. The van der Waals surface area contributed by atoms with Gasteiger partial charge in [-0.1, -0.05) is 0 Å². The molecule has 1 atom stereocenters. The van der Waals surface area contributed by atoms with Crippen molar-refractivity contribution in [2.24, 2.45) is 4.99 Å². The molecule has 0 spiro atoms. The van der Waals surface area contributed by atoms with Crippen molar-refractivity contribution in [1.29, 1.82) is 0 Å². The second kappa shape index (κ2) is 9.55. The van der Waals surface area contributed by atoms with E-state index in [2.05, 4.69) is 35.7 Å². The molecule has 0 radical (unpaired) electrons. The van der Waals surface area contributed by atoms with Crippen LogP contribution in [0.25, 0.3) is 0 Å². The van der Waals surface area contributed by atoms with Gasteiger partial charge in [0.05, 0.1) is 13.7 Å². The van der Waals surface area contributed by atoms with Gasteiger partial charge in [0.15, 0.2) is 5.96 Å². The van der Waals surface area contributed by atoms with Crippen LogP contribution >= 0.6 is 11.8 Å². The minimum absolute atomic E-state index is 0.0236. The zero-order chi connectivity index (χ0) is 17.3. The zero-order valence-corrected chi connectivity index (χ0v) is 15.8. The minimum atomic E-state index is 0.0236. The average molecular weight is 340 g/mol. The maximum atomic E-state index is 5.87. The molecule has 23 heavy (non-hydrogen) atoms. The van der Waals surface area contributed by atoms with Crippen molar-refractivity contribution >= 4 is 17.7 Å². The van der Waals surface area contributed by atoms with E-state index in [0.717, 1.165) is 24.0 Å². The Morgan fingerprint density at radius 1 is 1.22 bits per heavy atom. The number of methoxy groups -OCH3 is 1. The Bertz CT molecular complexity index is 489. The van der Waals surface area contributed by atoms with Crippen LogP contribution in [-0.2, 0) is 0 Å². The molecule has 0 bridgehead atoms. The van der Waals surface area contributed by atoms with Crippen LogP contribution in [0.15, 0.2) is 29.3 Å². The average Bonchev–Trinajstić information content (AvgIpc) is 2.55. The normalized spacial score (nSPS) is 13.4. The standard InChI is InChI=1S/C17H29N3O2S/c1-13(22-15-9-7-14(21-5)8-10-15)11-19-16(18-4)20-12-17(2,3)23-6/h7-10,13H,11-12H2,1-6H3,(H2,18,19,20). The van der Waals surface area contributed by atoms with Gasteiger partial charge < -0.3 is 20.1 Å². The largest absolute Gasteiger partial charge is 0.497 e. The summed E-state index contributed by atoms with van der Waals surface area (Å²) in [7, 11) is 3.43. The van der Waals surface area contributed by atoms with Gasteiger partial charge in [-0.05, 0) is 51.3 Å². The Morgan fingerprint density at radius 2 is 1.83 bits per heavy atom. The number of thioether (sulfide) groups is 1.